The molecule has 3 aromatic heterocycles. The number of rotatable bonds is 1. The van der Waals surface area contributed by atoms with Crippen molar-refractivity contribution in [3.8, 4) is 11.3 Å². The SMILES string of the molecule is CC.Cc1c(-c2cc3ccccc3o2)c2[nH]c3ccc(Cl)cc3c2[nH]c1=O. The lowest BCUT2D eigenvalue weighted by atomic mass is 10.1. The number of furan rings is 1. The van der Waals surface area contributed by atoms with E-state index < -0.39 is 0 Å². The van der Waals surface area contributed by atoms with Crippen LogP contribution in [0.25, 0.3) is 44.2 Å². The molecule has 27 heavy (non-hydrogen) atoms. The first-order valence-corrected chi connectivity index (χ1v) is 9.32. The van der Waals surface area contributed by atoms with Crippen molar-refractivity contribution in [2.45, 2.75) is 20.8 Å². The van der Waals surface area contributed by atoms with Crippen molar-refractivity contribution in [2.75, 3.05) is 0 Å². The molecule has 0 spiro atoms. The number of H-pyrrole nitrogens is 2. The molecule has 0 fully saturated rings. The Labute approximate surface area is 160 Å². The second kappa shape index (κ2) is 6.63. The van der Waals surface area contributed by atoms with Crippen LogP contribution in [0.3, 0.4) is 0 Å². The van der Waals surface area contributed by atoms with Crippen LogP contribution in [0, 0.1) is 6.92 Å². The molecule has 2 aromatic carbocycles. The Kier molecular flexibility index (Phi) is 4.28. The Morgan fingerprint density at radius 2 is 1.74 bits per heavy atom. The molecule has 4 nitrogen and oxygen atoms in total. The highest BCUT2D eigenvalue weighted by molar-refractivity contribution is 6.31. The summed E-state index contributed by atoms with van der Waals surface area (Å²) in [6.07, 6.45) is 0. The van der Waals surface area contributed by atoms with Gasteiger partial charge >= 0.3 is 0 Å². The number of nitrogens with one attached hydrogen (secondary N) is 2. The molecule has 0 aliphatic carbocycles. The van der Waals surface area contributed by atoms with Gasteiger partial charge in [0.15, 0.2) is 0 Å². The highest BCUT2D eigenvalue weighted by Crippen LogP contribution is 2.36. The summed E-state index contributed by atoms with van der Waals surface area (Å²) in [4.78, 5) is 18.9. The maximum atomic E-state index is 12.5. The fourth-order valence-corrected chi connectivity index (χ4v) is 3.57. The lowest BCUT2D eigenvalue weighted by Gasteiger charge is -2.04. The molecule has 0 saturated carbocycles. The van der Waals surface area contributed by atoms with E-state index in [4.69, 9.17) is 16.0 Å². The van der Waals surface area contributed by atoms with Crippen LogP contribution in [0.1, 0.15) is 19.4 Å². The van der Waals surface area contributed by atoms with E-state index in [9.17, 15) is 4.79 Å². The summed E-state index contributed by atoms with van der Waals surface area (Å²) in [6.45, 7) is 5.80. The Bertz CT molecular complexity index is 1310. The van der Waals surface area contributed by atoms with Gasteiger partial charge in [-0.25, -0.2) is 0 Å². The van der Waals surface area contributed by atoms with Gasteiger partial charge in [0.05, 0.1) is 16.6 Å². The molecule has 0 bridgehead atoms. The summed E-state index contributed by atoms with van der Waals surface area (Å²) in [7, 11) is 0. The van der Waals surface area contributed by atoms with Crippen LogP contribution in [0.2, 0.25) is 5.02 Å². The third kappa shape index (κ3) is 2.73. The zero-order chi connectivity index (χ0) is 19.1. The van der Waals surface area contributed by atoms with E-state index in [-0.39, 0.29) is 5.56 Å². The molecule has 0 saturated heterocycles. The average Bonchev–Trinajstić information content (AvgIpc) is 3.25. The Balaban J connectivity index is 0.000000872. The molecule has 5 aromatic rings. The summed E-state index contributed by atoms with van der Waals surface area (Å²) in [6, 6.07) is 15.4. The molecule has 0 atom stereocenters. The van der Waals surface area contributed by atoms with Gasteiger partial charge in [0.25, 0.3) is 5.56 Å². The first-order valence-electron chi connectivity index (χ1n) is 8.94. The van der Waals surface area contributed by atoms with Crippen molar-refractivity contribution in [1.82, 2.24) is 9.97 Å². The third-order valence-corrected chi connectivity index (χ3v) is 4.87. The molecule has 0 radical (unpaired) electrons. The summed E-state index contributed by atoms with van der Waals surface area (Å²) >= 11 is 6.13. The molecular weight excluding hydrogens is 360 g/mol. The van der Waals surface area contributed by atoms with E-state index in [1.807, 2.05) is 62.4 Å². The van der Waals surface area contributed by atoms with Crippen molar-refractivity contribution in [3.05, 3.63) is 69.5 Å². The number of benzene rings is 2. The average molecular weight is 379 g/mol. The predicted octanol–water partition coefficient (Wildman–Crippen LogP) is 6.41. The third-order valence-electron chi connectivity index (χ3n) is 4.64. The largest absolute Gasteiger partial charge is 0.456 e. The molecule has 5 rings (SSSR count). The summed E-state index contributed by atoms with van der Waals surface area (Å²) < 4.78 is 6.02. The molecular formula is C22H19ClN2O2. The topological polar surface area (TPSA) is 61.8 Å². The standard InChI is InChI=1S/C20H13ClN2O2.C2H6/c1-10-17(16-8-11-4-2-3-5-15(11)25-16)19-18(23-20(10)24)13-9-12(21)6-7-14(13)22-19;1-2/h2-9,22H,1H3,(H,23,24);1-2H3. The molecule has 3 heterocycles. The molecule has 136 valence electrons. The highest BCUT2D eigenvalue weighted by atomic mass is 35.5. The minimum absolute atomic E-state index is 0.135. The van der Waals surface area contributed by atoms with Crippen LogP contribution in [-0.4, -0.2) is 9.97 Å². The Morgan fingerprint density at radius 1 is 0.963 bits per heavy atom. The van der Waals surface area contributed by atoms with Crippen molar-refractivity contribution >= 4 is 44.5 Å². The summed E-state index contributed by atoms with van der Waals surface area (Å²) in [5, 5.41) is 2.52. The number of aromatic nitrogens is 2. The van der Waals surface area contributed by atoms with Gasteiger partial charge in [0, 0.05) is 26.9 Å². The minimum atomic E-state index is -0.135. The first kappa shape index (κ1) is 17.4. The lowest BCUT2D eigenvalue weighted by molar-refractivity contribution is 0.631. The maximum absolute atomic E-state index is 12.5. The van der Waals surface area contributed by atoms with Crippen LogP contribution >= 0.6 is 11.6 Å². The van der Waals surface area contributed by atoms with Gasteiger partial charge in [0.2, 0.25) is 0 Å². The van der Waals surface area contributed by atoms with Gasteiger partial charge in [-0.15, -0.1) is 0 Å². The van der Waals surface area contributed by atoms with Crippen molar-refractivity contribution in [3.63, 3.8) is 0 Å². The zero-order valence-corrected chi connectivity index (χ0v) is 16.1. The second-order valence-corrected chi connectivity index (χ2v) is 6.60. The molecule has 5 heteroatoms. The fraction of sp³-hybridized carbons (Fsp3) is 0.136. The van der Waals surface area contributed by atoms with Crippen molar-refractivity contribution in [2.24, 2.45) is 0 Å². The Morgan fingerprint density at radius 3 is 2.52 bits per heavy atom. The molecule has 0 aliphatic rings. The van der Waals surface area contributed by atoms with E-state index in [0.29, 0.717) is 16.3 Å². The summed E-state index contributed by atoms with van der Waals surface area (Å²) in [5.41, 5.74) is 4.55. The van der Waals surface area contributed by atoms with E-state index >= 15 is 0 Å². The van der Waals surface area contributed by atoms with Crippen LogP contribution in [0.4, 0.5) is 0 Å². The molecule has 0 amide bonds. The predicted molar refractivity (Wildman–Crippen MR) is 113 cm³/mol. The number of hydrogen-bond donors (Lipinski definition) is 2. The van der Waals surface area contributed by atoms with Crippen LogP contribution < -0.4 is 5.56 Å². The van der Waals surface area contributed by atoms with Gasteiger partial charge in [-0.1, -0.05) is 43.6 Å². The minimum Gasteiger partial charge on any atom is -0.456 e. The van der Waals surface area contributed by atoms with Gasteiger partial charge in [-0.3, -0.25) is 4.79 Å². The first-order chi connectivity index (χ1) is 13.1. The maximum Gasteiger partial charge on any atom is 0.252 e. The van der Waals surface area contributed by atoms with Gasteiger partial charge in [-0.05, 0) is 37.3 Å². The number of hydrogen-bond acceptors (Lipinski definition) is 2. The van der Waals surface area contributed by atoms with Crippen LogP contribution in [-0.2, 0) is 0 Å². The van der Waals surface area contributed by atoms with E-state index in [1.54, 1.807) is 6.92 Å². The van der Waals surface area contributed by atoms with Crippen LogP contribution in [0.15, 0.2) is 57.7 Å². The number of halogens is 1. The number of para-hydroxylation sites is 1. The zero-order valence-electron chi connectivity index (χ0n) is 15.3. The van der Waals surface area contributed by atoms with Crippen molar-refractivity contribution < 1.29 is 4.42 Å². The smallest absolute Gasteiger partial charge is 0.252 e. The van der Waals surface area contributed by atoms with Crippen LogP contribution in [0.5, 0.6) is 0 Å². The summed E-state index contributed by atoms with van der Waals surface area (Å²) in [5.74, 6) is 0.674. The number of pyridine rings is 1. The second-order valence-electron chi connectivity index (χ2n) is 6.17. The van der Waals surface area contributed by atoms with E-state index in [2.05, 4.69) is 9.97 Å². The monoisotopic (exact) mass is 378 g/mol. The fourth-order valence-electron chi connectivity index (χ4n) is 3.40. The molecule has 0 unspecified atom stereocenters. The van der Waals surface area contributed by atoms with E-state index in [0.717, 1.165) is 38.5 Å². The lowest BCUT2D eigenvalue weighted by Crippen LogP contribution is -2.10. The Hall–Kier alpha value is -2.98. The molecule has 0 aliphatic heterocycles. The highest BCUT2D eigenvalue weighted by Gasteiger charge is 2.18. The number of fused-ring (bicyclic) bond motifs is 4. The van der Waals surface area contributed by atoms with Crippen molar-refractivity contribution in [1.29, 1.82) is 0 Å². The quantitative estimate of drug-likeness (QED) is 0.354. The van der Waals surface area contributed by atoms with Gasteiger partial charge in [0.1, 0.15) is 11.3 Å². The number of aromatic amines is 2. The normalized spacial score (nSPS) is 11.1. The van der Waals surface area contributed by atoms with E-state index in [1.165, 1.54) is 0 Å². The molecule has 2 N–H and O–H groups in total. The van der Waals surface area contributed by atoms with Gasteiger partial charge < -0.3 is 14.4 Å². The van der Waals surface area contributed by atoms with Gasteiger partial charge in [-0.2, -0.15) is 0 Å².